The van der Waals surface area contributed by atoms with Gasteiger partial charge in [-0.25, -0.2) is 0 Å². The third kappa shape index (κ3) is 4.38. The molecule has 0 bridgehead atoms. The second kappa shape index (κ2) is 10.6. The average molecular weight is 556 g/mol. The summed E-state index contributed by atoms with van der Waals surface area (Å²) in [5.74, 6) is 0.447. The number of aromatic nitrogens is 1. The van der Waals surface area contributed by atoms with Crippen molar-refractivity contribution >= 4 is 54.1 Å². The minimum absolute atomic E-state index is 0.447. The molecule has 0 N–H and O–H groups in total. The van der Waals surface area contributed by atoms with Gasteiger partial charge >= 0.3 is 0 Å². The standard InChI is InChI=1S/C42H37N/c1-3-28-13-23-39-37(26-28)38-27-29(14-24-40(38)43(39)4-2)25-35(30-9-6-5-7-10-30)20-16-31-15-17-34-19-18-32-11-8-12-33-21-22-36(31)42(34)41(32)33/h5-15,17-19,21-24,26-27,35H,3-4,16,20,25H2,1-2H3/t35-/m0/s1. The first kappa shape index (κ1) is 26.0. The molecule has 7 aromatic carbocycles. The first-order valence-corrected chi connectivity index (χ1v) is 16.0. The Morgan fingerprint density at radius 2 is 1.21 bits per heavy atom. The summed E-state index contributed by atoms with van der Waals surface area (Å²) >= 11 is 0. The third-order valence-corrected chi connectivity index (χ3v) is 9.85. The second-order valence-corrected chi connectivity index (χ2v) is 12.2. The third-order valence-electron chi connectivity index (χ3n) is 9.85. The maximum absolute atomic E-state index is 2.48. The first-order chi connectivity index (χ1) is 21.2. The highest BCUT2D eigenvalue weighted by Crippen LogP contribution is 2.38. The summed E-state index contributed by atoms with van der Waals surface area (Å²) in [6, 6.07) is 46.0. The quantitative estimate of drug-likeness (QED) is 0.164. The Balaban J connectivity index is 1.17. The number of benzene rings is 7. The highest BCUT2D eigenvalue weighted by atomic mass is 15.0. The van der Waals surface area contributed by atoms with Gasteiger partial charge in [-0.3, -0.25) is 0 Å². The molecule has 1 atom stereocenters. The van der Waals surface area contributed by atoms with Crippen LogP contribution in [0.1, 0.15) is 48.4 Å². The van der Waals surface area contributed by atoms with Crippen molar-refractivity contribution in [3.63, 3.8) is 0 Å². The lowest BCUT2D eigenvalue weighted by Crippen LogP contribution is -2.05. The van der Waals surface area contributed by atoms with E-state index in [9.17, 15) is 0 Å². The molecule has 0 saturated carbocycles. The van der Waals surface area contributed by atoms with Gasteiger partial charge in [0.25, 0.3) is 0 Å². The predicted octanol–water partition coefficient (Wildman–Crippen LogP) is 11.2. The zero-order chi connectivity index (χ0) is 28.9. The van der Waals surface area contributed by atoms with Gasteiger partial charge in [0.15, 0.2) is 0 Å². The van der Waals surface area contributed by atoms with Gasteiger partial charge in [0, 0.05) is 28.4 Å². The molecule has 8 aromatic rings. The number of hydrogen-bond donors (Lipinski definition) is 0. The molecular formula is C42H37N. The molecule has 0 radical (unpaired) electrons. The minimum atomic E-state index is 0.447. The molecule has 1 nitrogen and oxygen atoms in total. The number of fused-ring (bicyclic) bond motifs is 3. The zero-order valence-electron chi connectivity index (χ0n) is 25.1. The normalized spacial score (nSPS) is 12.8. The van der Waals surface area contributed by atoms with E-state index in [-0.39, 0.29) is 0 Å². The smallest absolute Gasteiger partial charge is 0.0491 e. The van der Waals surface area contributed by atoms with Crippen molar-refractivity contribution in [1.29, 1.82) is 0 Å². The molecule has 0 unspecified atom stereocenters. The summed E-state index contributed by atoms with van der Waals surface area (Å²) in [6.07, 6.45) is 4.28. The van der Waals surface area contributed by atoms with Crippen molar-refractivity contribution in [3.8, 4) is 0 Å². The van der Waals surface area contributed by atoms with Crippen LogP contribution in [0.4, 0.5) is 0 Å². The number of aryl methyl sites for hydroxylation is 3. The van der Waals surface area contributed by atoms with Gasteiger partial charge in [-0.15, -0.1) is 0 Å². The lowest BCUT2D eigenvalue weighted by molar-refractivity contribution is 0.623. The molecular weight excluding hydrogens is 518 g/mol. The predicted molar refractivity (Wildman–Crippen MR) is 186 cm³/mol. The first-order valence-electron chi connectivity index (χ1n) is 16.0. The van der Waals surface area contributed by atoms with Gasteiger partial charge < -0.3 is 4.57 Å². The highest BCUT2D eigenvalue weighted by Gasteiger charge is 2.17. The molecule has 1 heterocycles. The second-order valence-electron chi connectivity index (χ2n) is 12.2. The fraction of sp³-hybridized carbons (Fsp3) is 0.190. The van der Waals surface area contributed by atoms with E-state index in [1.54, 1.807) is 0 Å². The molecule has 0 amide bonds. The molecule has 0 spiro atoms. The van der Waals surface area contributed by atoms with E-state index in [0.29, 0.717) is 5.92 Å². The van der Waals surface area contributed by atoms with Crippen molar-refractivity contribution in [2.75, 3.05) is 0 Å². The topological polar surface area (TPSA) is 4.93 Å². The summed E-state index contributed by atoms with van der Waals surface area (Å²) in [5, 5.41) is 11.0. The van der Waals surface area contributed by atoms with Gasteiger partial charge in [-0.2, -0.15) is 0 Å². The van der Waals surface area contributed by atoms with Gasteiger partial charge in [0.2, 0.25) is 0 Å². The largest absolute Gasteiger partial charge is 0.341 e. The van der Waals surface area contributed by atoms with Crippen LogP contribution in [0.2, 0.25) is 0 Å². The SMILES string of the molecule is CCc1ccc2c(c1)c1cc(C[C@H](CCc3ccc4ccc5cccc6ccc3c4c56)c3ccccc3)ccc1n2CC. The van der Waals surface area contributed by atoms with Crippen molar-refractivity contribution in [1.82, 2.24) is 4.57 Å². The van der Waals surface area contributed by atoms with Gasteiger partial charge in [0.1, 0.15) is 0 Å². The van der Waals surface area contributed by atoms with Crippen LogP contribution in [0.3, 0.4) is 0 Å². The molecule has 8 rings (SSSR count). The summed E-state index contributed by atoms with van der Waals surface area (Å²) in [6.45, 7) is 5.48. The Kier molecular flexibility index (Phi) is 6.41. The van der Waals surface area contributed by atoms with E-state index in [1.165, 1.54) is 76.4 Å². The molecule has 0 saturated heterocycles. The van der Waals surface area contributed by atoms with Crippen molar-refractivity contribution < 1.29 is 0 Å². The van der Waals surface area contributed by atoms with Crippen LogP contribution < -0.4 is 0 Å². The molecule has 43 heavy (non-hydrogen) atoms. The Labute approximate surface area is 253 Å². The lowest BCUT2D eigenvalue weighted by atomic mass is 9.85. The van der Waals surface area contributed by atoms with E-state index >= 15 is 0 Å². The minimum Gasteiger partial charge on any atom is -0.341 e. The molecule has 0 fully saturated rings. The van der Waals surface area contributed by atoms with Crippen LogP contribution in [0, 0.1) is 0 Å². The van der Waals surface area contributed by atoms with Crippen LogP contribution in [-0.4, -0.2) is 4.57 Å². The Morgan fingerprint density at radius 1 is 0.558 bits per heavy atom. The molecule has 1 heteroatoms. The summed E-state index contributed by atoms with van der Waals surface area (Å²) in [7, 11) is 0. The van der Waals surface area contributed by atoms with Crippen molar-refractivity contribution in [3.05, 3.63) is 144 Å². The van der Waals surface area contributed by atoms with Crippen LogP contribution in [0.25, 0.3) is 54.1 Å². The maximum Gasteiger partial charge on any atom is 0.0491 e. The van der Waals surface area contributed by atoms with Crippen LogP contribution in [0.5, 0.6) is 0 Å². The average Bonchev–Trinajstić information content (AvgIpc) is 3.38. The fourth-order valence-electron chi connectivity index (χ4n) is 7.63. The van der Waals surface area contributed by atoms with E-state index in [0.717, 1.165) is 32.2 Å². The van der Waals surface area contributed by atoms with Crippen LogP contribution >= 0.6 is 0 Å². The molecule has 0 aliphatic carbocycles. The molecule has 210 valence electrons. The number of hydrogen-bond acceptors (Lipinski definition) is 0. The molecule has 0 aliphatic rings. The number of rotatable bonds is 8. The zero-order valence-corrected chi connectivity index (χ0v) is 25.1. The maximum atomic E-state index is 2.48. The summed E-state index contributed by atoms with van der Waals surface area (Å²) in [5.41, 5.74) is 8.42. The highest BCUT2D eigenvalue weighted by molar-refractivity contribution is 6.23. The Hall–Kier alpha value is -4.62. The van der Waals surface area contributed by atoms with Gasteiger partial charge in [-0.1, -0.05) is 104 Å². The van der Waals surface area contributed by atoms with Crippen molar-refractivity contribution in [2.45, 2.75) is 52.0 Å². The van der Waals surface area contributed by atoms with Crippen LogP contribution in [0.15, 0.2) is 121 Å². The van der Waals surface area contributed by atoms with Gasteiger partial charge in [-0.05, 0) is 117 Å². The molecule has 0 aliphatic heterocycles. The van der Waals surface area contributed by atoms with Crippen molar-refractivity contribution in [2.24, 2.45) is 0 Å². The monoisotopic (exact) mass is 555 g/mol. The van der Waals surface area contributed by atoms with E-state index in [1.807, 2.05) is 0 Å². The van der Waals surface area contributed by atoms with Gasteiger partial charge in [0.05, 0.1) is 0 Å². The Bertz CT molecular complexity index is 2220. The number of nitrogens with zero attached hydrogens (tertiary/aromatic N) is 1. The Morgan fingerprint density at radius 3 is 1.93 bits per heavy atom. The summed E-state index contributed by atoms with van der Waals surface area (Å²) in [4.78, 5) is 0. The van der Waals surface area contributed by atoms with Crippen LogP contribution in [-0.2, 0) is 25.8 Å². The fourth-order valence-corrected chi connectivity index (χ4v) is 7.63. The van der Waals surface area contributed by atoms with E-state index in [2.05, 4.69) is 140 Å². The van der Waals surface area contributed by atoms with E-state index < -0.39 is 0 Å². The molecule has 1 aromatic heterocycles. The lowest BCUT2D eigenvalue weighted by Gasteiger charge is -2.19. The van der Waals surface area contributed by atoms with E-state index in [4.69, 9.17) is 0 Å². The summed E-state index contributed by atoms with van der Waals surface area (Å²) < 4.78 is 2.47.